The second-order valence-corrected chi connectivity index (χ2v) is 12.6. The number of anilines is 1. The predicted octanol–water partition coefficient (Wildman–Crippen LogP) is 5.17. The van der Waals surface area contributed by atoms with Crippen LogP contribution in [-0.4, -0.2) is 61.6 Å². The molecule has 5 aromatic heterocycles. The molecule has 0 fully saturated rings. The van der Waals surface area contributed by atoms with Crippen LogP contribution in [0.5, 0.6) is 0 Å². The number of fused-ring (bicyclic) bond motifs is 2. The van der Waals surface area contributed by atoms with Crippen LogP contribution < -0.4 is 5.32 Å². The Morgan fingerprint density at radius 2 is 1.88 bits per heavy atom. The van der Waals surface area contributed by atoms with Crippen molar-refractivity contribution in [1.29, 1.82) is 0 Å². The molecule has 1 aromatic carbocycles. The van der Waals surface area contributed by atoms with Gasteiger partial charge in [-0.3, -0.25) is 10.1 Å². The van der Waals surface area contributed by atoms with Gasteiger partial charge in [-0.05, 0) is 67.8 Å². The Hall–Kier alpha value is -4.71. The number of hydrogen-bond donors (Lipinski definition) is 3. The van der Waals surface area contributed by atoms with Crippen molar-refractivity contribution in [2.45, 2.75) is 26.3 Å². The van der Waals surface area contributed by atoms with Gasteiger partial charge in [0.15, 0.2) is 17.2 Å². The third-order valence-corrected chi connectivity index (χ3v) is 7.49. The van der Waals surface area contributed by atoms with Crippen LogP contribution in [0.25, 0.3) is 56.1 Å². The van der Waals surface area contributed by atoms with E-state index >= 15 is 0 Å². The van der Waals surface area contributed by atoms with Gasteiger partial charge in [-0.15, -0.1) is 0 Å². The highest BCUT2D eigenvalue weighted by Crippen LogP contribution is 2.32. The van der Waals surface area contributed by atoms with E-state index in [1.54, 1.807) is 30.7 Å². The first-order chi connectivity index (χ1) is 19.6. The summed E-state index contributed by atoms with van der Waals surface area (Å²) < 4.78 is 37.9. The normalized spacial score (nSPS) is 12.0. The highest BCUT2D eigenvalue weighted by molar-refractivity contribution is 7.90. The number of pyridine rings is 3. The number of benzene rings is 1. The third kappa shape index (κ3) is 5.64. The van der Waals surface area contributed by atoms with Gasteiger partial charge in [0.1, 0.15) is 21.2 Å². The molecule has 0 saturated heterocycles. The molecule has 208 valence electrons. The number of rotatable bonds is 8. The van der Waals surface area contributed by atoms with E-state index in [0.717, 1.165) is 22.5 Å². The molecule has 10 nitrogen and oxygen atoms in total. The van der Waals surface area contributed by atoms with E-state index < -0.39 is 15.7 Å². The SMILES string of the molecule is CC(C)Nc1cncc(-c2ccc3[nH]nc(-c4nc5nccc(-c6cc(F)cc(CCS(C)(=O)=O)c6)c5[nH]4)c3n2)c1. The van der Waals surface area contributed by atoms with Crippen molar-refractivity contribution in [3.8, 4) is 33.9 Å². The summed E-state index contributed by atoms with van der Waals surface area (Å²) in [7, 11) is -3.19. The average molecular weight is 571 g/mol. The molecule has 0 unspecified atom stereocenters. The number of hydrogen-bond acceptors (Lipinski definition) is 8. The molecule has 5 heterocycles. The van der Waals surface area contributed by atoms with Crippen LogP contribution in [0.3, 0.4) is 0 Å². The molecule has 6 aromatic rings. The molecule has 12 heteroatoms. The second-order valence-electron chi connectivity index (χ2n) is 10.3. The molecule has 0 radical (unpaired) electrons. The molecule has 0 atom stereocenters. The number of sulfone groups is 1. The second kappa shape index (κ2) is 10.4. The Morgan fingerprint density at radius 1 is 1.02 bits per heavy atom. The Kier molecular flexibility index (Phi) is 6.70. The molecular formula is C29H27FN8O2S. The van der Waals surface area contributed by atoms with Gasteiger partial charge in [0.2, 0.25) is 0 Å². The number of imidazole rings is 1. The summed E-state index contributed by atoms with van der Waals surface area (Å²) in [6, 6.07) is 12.4. The highest BCUT2D eigenvalue weighted by atomic mass is 32.2. The van der Waals surface area contributed by atoms with Crippen LogP contribution in [0.1, 0.15) is 19.4 Å². The van der Waals surface area contributed by atoms with Crippen LogP contribution in [0.2, 0.25) is 0 Å². The molecule has 0 aliphatic heterocycles. The van der Waals surface area contributed by atoms with Crippen LogP contribution in [0.15, 0.2) is 61.1 Å². The van der Waals surface area contributed by atoms with Gasteiger partial charge in [-0.2, -0.15) is 5.10 Å². The minimum Gasteiger partial charge on any atom is -0.382 e. The summed E-state index contributed by atoms with van der Waals surface area (Å²) in [5, 5.41) is 10.8. The highest BCUT2D eigenvalue weighted by Gasteiger charge is 2.18. The molecule has 3 N–H and O–H groups in total. The first kappa shape index (κ1) is 26.5. The molecule has 0 spiro atoms. The van der Waals surface area contributed by atoms with E-state index in [1.807, 2.05) is 18.2 Å². The van der Waals surface area contributed by atoms with Gasteiger partial charge in [0.25, 0.3) is 0 Å². The maximum atomic E-state index is 14.6. The summed E-state index contributed by atoms with van der Waals surface area (Å²) in [4.78, 5) is 21.6. The summed E-state index contributed by atoms with van der Waals surface area (Å²) >= 11 is 0. The number of nitrogens with one attached hydrogen (secondary N) is 3. The smallest absolute Gasteiger partial charge is 0.178 e. The van der Waals surface area contributed by atoms with E-state index in [2.05, 4.69) is 49.3 Å². The fourth-order valence-electron chi connectivity index (χ4n) is 4.73. The van der Waals surface area contributed by atoms with E-state index in [4.69, 9.17) is 4.98 Å². The van der Waals surface area contributed by atoms with E-state index in [-0.39, 0.29) is 18.2 Å². The first-order valence-electron chi connectivity index (χ1n) is 13.0. The molecule has 41 heavy (non-hydrogen) atoms. The third-order valence-electron chi connectivity index (χ3n) is 6.54. The molecular weight excluding hydrogens is 543 g/mol. The average Bonchev–Trinajstić information content (AvgIpc) is 3.54. The summed E-state index contributed by atoms with van der Waals surface area (Å²) in [6.45, 7) is 4.13. The summed E-state index contributed by atoms with van der Waals surface area (Å²) in [6.07, 6.45) is 6.52. The van der Waals surface area contributed by atoms with Crippen molar-refractivity contribution in [2.24, 2.45) is 0 Å². The van der Waals surface area contributed by atoms with Crippen LogP contribution >= 0.6 is 0 Å². The molecule has 0 bridgehead atoms. The van der Waals surface area contributed by atoms with Crippen molar-refractivity contribution < 1.29 is 12.8 Å². The zero-order chi connectivity index (χ0) is 28.7. The molecule has 6 rings (SSSR count). The van der Waals surface area contributed by atoms with Gasteiger partial charge < -0.3 is 10.3 Å². The first-order valence-corrected chi connectivity index (χ1v) is 15.1. The quantitative estimate of drug-likeness (QED) is 0.227. The van der Waals surface area contributed by atoms with Gasteiger partial charge in [-0.1, -0.05) is 6.07 Å². The fourth-order valence-corrected chi connectivity index (χ4v) is 5.34. The zero-order valence-electron chi connectivity index (χ0n) is 22.6. The summed E-state index contributed by atoms with van der Waals surface area (Å²) in [5.74, 6) is -0.0585. The Labute approximate surface area is 235 Å². The lowest BCUT2D eigenvalue weighted by Crippen LogP contribution is -2.09. The number of halogens is 1. The fraction of sp³-hybridized carbons (Fsp3) is 0.207. The minimum atomic E-state index is -3.19. The minimum absolute atomic E-state index is 0.0638. The lowest BCUT2D eigenvalue weighted by atomic mass is 10.0. The van der Waals surface area contributed by atoms with E-state index in [0.29, 0.717) is 44.9 Å². The molecule has 0 amide bonds. The van der Waals surface area contributed by atoms with Gasteiger partial charge in [0.05, 0.1) is 28.2 Å². The number of H-pyrrole nitrogens is 2. The Morgan fingerprint density at radius 3 is 2.68 bits per heavy atom. The standard InChI is InChI=1S/C29H27FN8O2S/c1-16(2)33-21-13-19(14-31-15-21)23-4-5-24-26(34-23)27(38-37-24)29-35-25-22(6-8-32-28(25)36-29)18-10-17(11-20(30)12-18)7-9-41(3,39)40/h4-6,8,10-16,33H,7,9H2,1-3H3,(H,37,38)(H,32,35,36). The molecule has 0 aliphatic rings. The molecule has 0 saturated carbocycles. The van der Waals surface area contributed by atoms with Crippen molar-refractivity contribution >= 4 is 37.7 Å². The largest absolute Gasteiger partial charge is 0.382 e. The Bertz CT molecular complexity index is 2020. The predicted molar refractivity (Wildman–Crippen MR) is 158 cm³/mol. The number of aromatic nitrogens is 7. The van der Waals surface area contributed by atoms with Gasteiger partial charge in [0, 0.05) is 42.0 Å². The lowest BCUT2D eigenvalue weighted by molar-refractivity contribution is 0.600. The van der Waals surface area contributed by atoms with Crippen LogP contribution in [-0.2, 0) is 16.3 Å². The van der Waals surface area contributed by atoms with Crippen molar-refractivity contribution in [3.05, 3.63) is 72.4 Å². The van der Waals surface area contributed by atoms with Crippen LogP contribution in [0, 0.1) is 5.82 Å². The topological polar surface area (TPSA) is 142 Å². The number of aryl methyl sites for hydroxylation is 1. The summed E-state index contributed by atoms with van der Waals surface area (Å²) in [5.41, 5.74) is 7.27. The maximum absolute atomic E-state index is 14.6. The van der Waals surface area contributed by atoms with Crippen molar-refractivity contribution in [1.82, 2.24) is 35.1 Å². The maximum Gasteiger partial charge on any atom is 0.178 e. The van der Waals surface area contributed by atoms with Gasteiger partial charge >= 0.3 is 0 Å². The lowest BCUT2D eigenvalue weighted by Gasteiger charge is -2.10. The van der Waals surface area contributed by atoms with E-state index in [1.165, 1.54) is 18.4 Å². The Balaban J connectivity index is 1.40. The van der Waals surface area contributed by atoms with Crippen LogP contribution in [0.4, 0.5) is 10.1 Å². The molecule has 0 aliphatic carbocycles. The van der Waals surface area contributed by atoms with Crippen molar-refractivity contribution in [3.63, 3.8) is 0 Å². The van der Waals surface area contributed by atoms with Gasteiger partial charge in [-0.25, -0.2) is 27.8 Å². The van der Waals surface area contributed by atoms with Crippen molar-refractivity contribution in [2.75, 3.05) is 17.3 Å². The zero-order valence-corrected chi connectivity index (χ0v) is 23.4. The number of nitrogens with zero attached hydrogens (tertiary/aromatic N) is 5. The monoisotopic (exact) mass is 570 g/mol. The number of aromatic amines is 2. The van der Waals surface area contributed by atoms with E-state index in [9.17, 15) is 12.8 Å².